The first-order valence-corrected chi connectivity index (χ1v) is 10.3. The Kier molecular flexibility index (Phi) is 5.25. The molecule has 2 fully saturated rings. The van der Waals surface area contributed by atoms with E-state index in [1.54, 1.807) is 50.2 Å². The minimum Gasteiger partial charge on any atom is -0.457 e. The van der Waals surface area contributed by atoms with Crippen molar-refractivity contribution >= 4 is 17.6 Å². The van der Waals surface area contributed by atoms with Crippen LogP contribution in [0.2, 0.25) is 0 Å². The van der Waals surface area contributed by atoms with Gasteiger partial charge in [-0.2, -0.15) is 18.4 Å². The van der Waals surface area contributed by atoms with Crippen LogP contribution in [0.3, 0.4) is 0 Å². The van der Waals surface area contributed by atoms with Gasteiger partial charge >= 0.3 is 12.1 Å². The number of halogens is 4. The molecule has 2 aliphatic carbocycles. The highest BCUT2D eigenvalue weighted by molar-refractivity contribution is 6.30. The zero-order valence-corrected chi connectivity index (χ0v) is 17.9. The van der Waals surface area contributed by atoms with Crippen molar-refractivity contribution in [3.63, 3.8) is 0 Å². The summed E-state index contributed by atoms with van der Waals surface area (Å²) < 4.78 is 49.4. The van der Waals surface area contributed by atoms with Crippen LogP contribution in [0.4, 0.5) is 13.2 Å². The quantitative estimate of drug-likeness (QED) is 0.458. The number of carbonyl (C=O) groups excluding carboxylic acids is 1. The monoisotopic (exact) mass is 461 g/mol. The molecule has 0 spiro atoms. The van der Waals surface area contributed by atoms with Gasteiger partial charge in [-0.3, -0.25) is 4.79 Å². The number of para-hydroxylation sites is 1. The van der Waals surface area contributed by atoms with Crippen LogP contribution in [0.25, 0.3) is 0 Å². The minimum absolute atomic E-state index is 0.440. The Bertz CT molecular complexity index is 1110. The fourth-order valence-corrected chi connectivity index (χ4v) is 4.94. The van der Waals surface area contributed by atoms with Gasteiger partial charge in [0.25, 0.3) is 0 Å². The van der Waals surface area contributed by atoms with Crippen LogP contribution in [0, 0.1) is 34.0 Å². The van der Waals surface area contributed by atoms with E-state index in [1.165, 1.54) is 0 Å². The van der Waals surface area contributed by atoms with E-state index < -0.39 is 45.9 Å². The molecule has 32 heavy (non-hydrogen) atoms. The predicted molar refractivity (Wildman–Crippen MR) is 111 cm³/mol. The maximum atomic E-state index is 12.7. The van der Waals surface area contributed by atoms with Crippen molar-refractivity contribution in [2.75, 3.05) is 0 Å². The normalized spacial score (nSPS) is 29.3. The maximum Gasteiger partial charge on any atom is 0.426 e. The van der Waals surface area contributed by atoms with E-state index in [2.05, 4.69) is 0 Å². The summed E-state index contributed by atoms with van der Waals surface area (Å²) in [5.41, 5.74) is -0.878. The first kappa shape index (κ1) is 22.2. The van der Waals surface area contributed by atoms with Crippen molar-refractivity contribution in [3.05, 3.63) is 71.3 Å². The third-order valence-electron chi connectivity index (χ3n) is 6.80. The maximum absolute atomic E-state index is 12.7. The van der Waals surface area contributed by atoms with Gasteiger partial charge in [-0.25, -0.2) is 0 Å². The second-order valence-corrected chi connectivity index (χ2v) is 8.83. The molecule has 0 aromatic heterocycles. The number of rotatable bonds is 6. The van der Waals surface area contributed by atoms with Crippen LogP contribution >= 0.6 is 11.6 Å². The number of benzene rings is 2. The van der Waals surface area contributed by atoms with Crippen LogP contribution in [-0.2, 0) is 9.53 Å². The number of allylic oxidation sites excluding steroid dienone is 2. The number of alkyl halides is 3. The van der Waals surface area contributed by atoms with E-state index in [1.807, 2.05) is 24.3 Å². The smallest absolute Gasteiger partial charge is 0.426 e. The average Bonchev–Trinajstić information content (AvgIpc) is 3.46. The molecule has 0 amide bonds. The van der Waals surface area contributed by atoms with Crippen molar-refractivity contribution in [2.24, 2.45) is 22.7 Å². The molecule has 0 radical (unpaired) electrons. The third-order valence-corrected chi connectivity index (χ3v) is 7.14. The van der Waals surface area contributed by atoms with Gasteiger partial charge in [0.1, 0.15) is 22.6 Å². The summed E-state index contributed by atoms with van der Waals surface area (Å²) in [6.07, 6.45) is -4.81. The van der Waals surface area contributed by atoms with Crippen molar-refractivity contribution in [3.8, 4) is 17.6 Å². The molecular weight excluding hydrogens is 443 g/mol. The number of nitriles is 1. The van der Waals surface area contributed by atoms with Gasteiger partial charge in [0, 0.05) is 5.56 Å². The molecule has 4 nitrogen and oxygen atoms in total. The zero-order valence-electron chi connectivity index (χ0n) is 17.2. The molecule has 0 bridgehead atoms. The van der Waals surface area contributed by atoms with Crippen LogP contribution in [0.1, 0.15) is 25.5 Å². The van der Waals surface area contributed by atoms with Gasteiger partial charge in [0.05, 0.1) is 5.92 Å². The third kappa shape index (κ3) is 3.53. The fraction of sp³-hybridized carbons (Fsp3) is 0.333. The van der Waals surface area contributed by atoms with E-state index in [0.29, 0.717) is 17.1 Å². The van der Waals surface area contributed by atoms with Crippen LogP contribution < -0.4 is 4.74 Å². The molecule has 166 valence electrons. The molecule has 2 unspecified atom stereocenters. The highest BCUT2D eigenvalue weighted by atomic mass is 35.5. The number of ether oxygens (including phenoxy) is 2. The van der Waals surface area contributed by atoms with Crippen LogP contribution in [-0.4, -0.2) is 12.1 Å². The van der Waals surface area contributed by atoms with Crippen LogP contribution in [0.15, 0.2) is 65.7 Å². The van der Waals surface area contributed by atoms with E-state index in [9.17, 15) is 23.2 Å². The lowest BCUT2D eigenvalue weighted by Crippen LogP contribution is -2.23. The summed E-state index contributed by atoms with van der Waals surface area (Å²) in [4.78, 5) is 12.7. The summed E-state index contributed by atoms with van der Waals surface area (Å²) >= 11 is 5.35. The molecule has 4 rings (SSSR count). The molecule has 3 atom stereocenters. The molecule has 2 saturated carbocycles. The van der Waals surface area contributed by atoms with Crippen molar-refractivity contribution in [1.29, 1.82) is 5.26 Å². The Labute approximate surface area is 188 Å². The average molecular weight is 462 g/mol. The number of carbonyl (C=O) groups is 1. The topological polar surface area (TPSA) is 59.3 Å². The molecule has 0 heterocycles. The molecule has 0 N–H and O–H groups in total. The summed E-state index contributed by atoms with van der Waals surface area (Å²) in [7, 11) is 0. The lowest BCUT2D eigenvalue weighted by atomic mass is 9.92. The van der Waals surface area contributed by atoms with E-state index in [-0.39, 0.29) is 0 Å². The van der Waals surface area contributed by atoms with Crippen molar-refractivity contribution in [2.45, 2.75) is 26.1 Å². The second-order valence-electron chi connectivity index (χ2n) is 8.42. The summed E-state index contributed by atoms with van der Waals surface area (Å²) in [6.45, 7) is 3.46. The first-order valence-electron chi connectivity index (χ1n) is 9.91. The van der Waals surface area contributed by atoms with E-state index in [0.717, 1.165) is 6.08 Å². The number of hydrogen-bond acceptors (Lipinski definition) is 4. The van der Waals surface area contributed by atoms with Gasteiger partial charge in [0.15, 0.2) is 0 Å². The minimum atomic E-state index is -4.61. The Balaban J connectivity index is 1.43. The summed E-state index contributed by atoms with van der Waals surface area (Å²) in [5.74, 6) is -0.571. The number of nitrogens with zero attached hydrogens (tertiary/aromatic N) is 1. The van der Waals surface area contributed by atoms with Crippen molar-refractivity contribution < 1.29 is 27.4 Å². The Morgan fingerprint density at radius 1 is 1.12 bits per heavy atom. The first-order chi connectivity index (χ1) is 15.0. The highest BCUT2D eigenvalue weighted by Crippen LogP contribution is 2.94. The zero-order chi connectivity index (χ0) is 23.3. The molecule has 0 aliphatic heterocycles. The fourth-order valence-electron chi connectivity index (χ4n) is 4.81. The second kappa shape index (κ2) is 7.56. The van der Waals surface area contributed by atoms with Gasteiger partial charge in [0.2, 0.25) is 6.10 Å². The van der Waals surface area contributed by atoms with Gasteiger partial charge in [-0.15, -0.1) is 0 Å². The van der Waals surface area contributed by atoms with Crippen LogP contribution in [0.5, 0.6) is 11.5 Å². The summed E-state index contributed by atoms with van der Waals surface area (Å²) in [5, 5.41) is 8.37. The van der Waals surface area contributed by atoms with Gasteiger partial charge in [-0.05, 0) is 41.0 Å². The Morgan fingerprint density at radius 3 is 2.34 bits per heavy atom. The van der Waals surface area contributed by atoms with Crippen molar-refractivity contribution in [1.82, 2.24) is 0 Å². The molecular formula is C24H19ClF3NO3. The lowest BCUT2D eigenvalue weighted by molar-refractivity contribution is -0.151. The molecule has 2 aromatic rings. The van der Waals surface area contributed by atoms with E-state index in [4.69, 9.17) is 21.1 Å². The van der Waals surface area contributed by atoms with Gasteiger partial charge < -0.3 is 9.47 Å². The molecule has 2 aliphatic rings. The number of fused-ring (bicyclic) bond motifs is 1. The predicted octanol–water partition coefficient (Wildman–Crippen LogP) is 6.54. The molecule has 8 heteroatoms. The molecule has 2 aromatic carbocycles. The largest absolute Gasteiger partial charge is 0.457 e. The molecule has 0 saturated heterocycles. The number of esters is 1. The van der Waals surface area contributed by atoms with Gasteiger partial charge in [-0.1, -0.05) is 61.9 Å². The lowest BCUT2D eigenvalue weighted by Gasteiger charge is -2.19. The Morgan fingerprint density at radius 2 is 1.75 bits per heavy atom. The highest BCUT2D eigenvalue weighted by Gasteiger charge is 2.94. The standard InChI is InChI=1S/C24H19ClF3NO3/c1-22-18(12-19(25)24(26,27)28)23(22,2)20(22)21(30)32-17(13-29)14-7-6-10-16(11-14)31-15-8-4-3-5-9-15/h3-12,17-18,20H,1-2H3/b19-12-/t17-,18?,20?,22?,23?/m1/s1. The SMILES string of the molecule is CC12C(/C=C(\Cl)C(F)(F)F)C1(C)C2C(=O)O[C@H](C#N)c1cccc(Oc2ccccc2)c1. The number of hydrogen-bond donors (Lipinski definition) is 0. The Hall–Kier alpha value is -2.98. The summed E-state index contributed by atoms with van der Waals surface area (Å²) in [6, 6.07) is 17.7. The van der Waals surface area contributed by atoms with E-state index >= 15 is 0 Å².